The molecule has 0 spiro atoms. The molecule has 2 aromatic carbocycles. The summed E-state index contributed by atoms with van der Waals surface area (Å²) in [6, 6.07) is 12.4. The van der Waals surface area contributed by atoms with Crippen molar-refractivity contribution in [3.63, 3.8) is 0 Å². The summed E-state index contributed by atoms with van der Waals surface area (Å²) in [6.45, 7) is 8.02. The van der Waals surface area contributed by atoms with E-state index in [1.54, 1.807) is 25.1 Å². The third-order valence-corrected chi connectivity index (χ3v) is 4.71. The number of nitrogens with one attached hydrogen (secondary N) is 1. The van der Waals surface area contributed by atoms with Gasteiger partial charge < -0.3 is 19.5 Å². The lowest BCUT2D eigenvalue weighted by atomic mass is 9.97. The van der Waals surface area contributed by atoms with E-state index >= 15 is 0 Å². The third kappa shape index (κ3) is 5.73. The van der Waals surface area contributed by atoms with Crippen molar-refractivity contribution in [3.8, 4) is 11.5 Å². The second-order valence-electron chi connectivity index (χ2n) is 6.73. The van der Waals surface area contributed by atoms with Gasteiger partial charge in [0.25, 0.3) is 5.91 Å². The van der Waals surface area contributed by atoms with E-state index in [2.05, 4.69) is 19.2 Å². The zero-order chi connectivity index (χ0) is 21.4. The van der Waals surface area contributed by atoms with Crippen LogP contribution >= 0.6 is 0 Å². The van der Waals surface area contributed by atoms with Crippen LogP contribution in [0.5, 0.6) is 11.5 Å². The number of rotatable bonds is 9. The molecule has 0 aromatic heterocycles. The van der Waals surface area contributed by atoms with Gasteiger partial charge in [-0.1, -0.05) is 32.0 Å². The number of hydrogen-bond donors (Lipinski definition) is 1. The van der Waals surface area contributed by atoms with Gasteiger partial charge in [0.15, 0.2) is 17.6 Å². The van der Waals surface area contributed by atoms with E-state index in [1.807, 2.05) is 31.2 Å². The first kappa shape index (κ1) is 22.3. The quantitative estimate of drug-likeness (QED) is 0.614. The molecule has 6 heteroatoms. The molecule has 0 aliphatic carbocycles. The lowest BCUT2D eigenvalue weighted by Gasteiger charge is -2.18. The molecule has 0 heterocycles. The molecule has 1 amide bonds. The Kier molecular flexibility index (Phi) is 8.07. The molecule has 0 unspecified atom stereocenters. The molecular formula is C23H29NO5. The van der Waals surface area contributed by atoms with Crippen LogP contribution in [0.2, 0.25) is 0 Å². The maximum absolute atomic E-state index is 12.6. The number of benzene rings is 2. The van der Waals surface area contributed by atoms with E-state index < -0.39 is 12.1 Å². The largest absolute Gasteiger partial charge is 0.493 e. The minimum atomic E-state index is -0.954. The molecule has 0 aliphatic heterocycles. The van der Waals surface area contributed by atoms with Crippen molar-refractivity contribution in [1.82, 2.24) is 0 Å². The maximum Gasteiger partial charge on any atom is 0.339 e. The molecular weight excluding hydrogens is 370 g/mol. The molecule has 2 atom stereocenters. The Bertz CT molecular complexity index is 849. The molecule has 2 aromatic rings. The van der Waals surface area contributed by atoms with E-state index in [9.17, 15) is 9.59 Å². The minimum Gasteiger partial charge on any atom is -0.493 e. The Labute approximate surface area is 172 Å². The number of anilines is 1. The zero-order valence-corrected chi connectivity index (χ0v) is 17.7. The van der Waals surface area contributed by atoms with E-state index in [1.165, 1.54) is 7.11 Å². The Hall–Kier alpha value is -3.02. The number of methoxy groups -OCH3 is 1. The van der Waals surface area contributed by atoms with Gasteiger partial charge in [-0.15, -0.1) is 0 Å². The van der Waals surface area contributed by atoms with Crippen molar-refractivity contribution in [3.05, 3.63) is 53.6 Å². The van der Waals surface area contributed by atoms with Crippen molar-refractivity contribution in [1.29, 1.82) is 0 Å². The Morgan fingerprint density at radius 3 is 2.41 bits per heavy atom. The Morgan fingerprint density at radius 2 is 1.76 bits per heavy atom. The SMILES string of the molecule is CCOc1cc(C(=O)O[C@@H](C)C(=O)Nc2ccccc2[C@H](C)CC)ccc1OC. The zero-order valence-electron chi connectivity index (χ0n) is 17.7. The maximum atomic E-state index is 12.6. The predicted molar refractivity (Wildman–Crippen MR) is 113 cm³/mol. The fourth-order valence-electron chi connectivity index (χ4n) is 2.85. The molecule has 2 rings (SSSR count). The second-order valence-corrected chi connectivity index (χ2v) is 6.73. The lowest BCUT2D eigenvalue weighted by Crippen LogP contribution is -2.30. The molecule has 6 nitrogen and oxygen atoms in total. The number of carbonyl (C=O) groups is 2. The van der Waals surface area contributed by atoms with Crippen LogP contribution in [0, 0.1) is 0 Å². The highest BCUT2D eigenvalue weighted by atomic mass is 16.5. The number of carbonyl (C=O) groups excluding carboxylic acids is 2. The lowest BCUT2D eigenvalue weighted by molar-refractivity contribution is -0.123. The molecule has 156 valence electrons. The summed E-state index contributed by atoms with van der Waals surface area (Å²) >= 11 is 0. The minimum absolute atomic E-state index is 0.286. The molecule has 0 saturated carbocycles. The molecule has 0 bridgehead atoms. The van der Waals surface area contributed by atoms with Crippen LogP contribution in [0.3, 0.4) is 0 Å². The van der Waals surface area contributed by atoms with Crippen LogP contribution < -0.4 is 14.8 Å². The summed E-state index contributed by atoms with van der Waals surface area (Å²) in [5.74, 6) is 0.291. The summed E-state index contributed by atoms with van der Waals surface area (Å²) < 4.78 is 16.1. The van der Waals surface area contributed by atoms with Gasteiger partial charge in [-0.3, -0.25) is 4.79 Å². The average molecular weight is 399 g/mol. The van der Waals surface area contributed by atoms with E-state index in [0.717, 1.165) is 17.7 Å². The van der Waals surface area contributed by atoms with E-state index in [0.29, 0.717) is 24.0 Å². The van der Waals surface area contributed by atoms with Gasteiger partial charge in [-0.2, -0.15) is 0 Å². The Balaban J connectivity index is 2.08. The van der Waals surface area contributed by atoms with Gasteiger partial charge >= 0.3 is 5.97 Å². The second kappa shape index (κ2) is 10.5. The highest BCUT2D eigenvalue weighted by Gasteiger charge is 2.21. The summed E-state index contributed by atoms with van der Waals surface area (Å²) in [4.78, 5) is 25.1. The monoisotopic (exact) mass is 399 g/mol. The highest BCUT2D eigenvalue weighted by molar-refractivity contribution is 5.98. The molecule has 29 heavy (non-hydrogen) atoms. The summed E-state index contributed by atoms with van der Waals surface area (Å²) in [6.07, 6.45) is 0.00183. The third-order valence-electron chi connectivity index (χ3n) is 4.71. The van der Waals surface area contributed by atoms with E-state index in [-0.39, 0.29) is 11.5 Å². The van der Waals surface area contributed by atoms with Crippen LogP contribution in [-0.2, 0) is 9.53 Å². The smallest absolute Gasteiger partial charge is 0.339 e. The Morgan fingerprint density at radius 1 is 1.03 bits per heavy atom. The summed E-state index contributed by atoms with van der Waals surface area (Å²) in [5.41, 5.74) is 2.07. The highest BCUT2D eigenvalue weighted by Crippen LogP contribution is 2.29. The fourth-order valence-corrected chi connectivity index (χ4v) is 2.85. The van der Waals surface area contributed by atoms with Gasteiger partial charge in [0.1, 0.15) is 0 Å². The number of ether oxygens (including phenoxy) is 3. The molecule has 0 radical (unpaired) electrons. The first-order valence-electron chi connectivity index (χ1n) is 9.82. The van der Waals surface area contributed by atoms with Gasteiger partial charge in [0.05, 0.1) is 19.3 Å². The fraction of sp³-hybridized carbons (Fsp3) is 0.391. The topological polar surface area (TPSA) is 73.9 Å². The van der Waals surface area contributed by atoms with Crippen LogP contribution in [0.1, 0.15) is 56.0 Å². The number of amides is 1. The van der Waals surface area contributed by atoms with Gasteiger partial charge in [0, 0.05) is 5.69 Å². The van der Waals surface area contributed by atoms with Crippen LogP contribution in [0.4, 0.5) is 5.69 Å². The molecule has 1 N–H and O–H groups in total. The van der Waals surface area contributed by atoms with Crippen molar-refractivity contribution >= 4 is 17.6 Å². The standard InChI is InChI=1S/C23H29NO5/c1-6-15(3)18-10-8-9-11-19(18)24-22(25)16(4)29-23(26)17-12-13-20(27-5)21(14-17)28-7-2/h8-16H,6-7H2,1-5H3,(H,24,25)/t15-,16+/m1/s1. The molecule has 0 fully saturated rings. The molecule has 0 aliphatic rings. The van der Waals surface area contributed by atoms with Crippen LogP contribution in [0.25, 0.3) is 0 Å². The van der Waals surface area contributed by atoms with Crippen LogP contribution in [-0.4, -0.2) is 31.7 Å². The summed E-state index contributed by atoms with van der Waals surface area (Å²) in [7, 11) is 1.53. The number of hydrogen-bond acceptors (Lipinski definition) is 5. The summed E-state index contributed by atoms with van der Waals surface area (Å²) in [5, 5.41) is 2.87. The van der Waals surface area contributed by atoms with Gasteiger partial charge in [-0.05, 0) is 56.0 Å². The van der Waals surface area contributed by atoms with Crippen molar-refractivity contribution in [2.75, 3.05) is 19.0 Å². The first-order chi connectivity index (χ1) is 13.9. The average Bonchev–Trinajstić information content (AvgIpc) is 2.73. The number of esters is 1. The first-order valence-corrected chi connectivity index (χ1v) is 9.82. The predicted octanol–water partition coefficient (Wildman–Crippen LogP) is 4.79. The van der Waals surface area contributed by atoms with Gasteiger partial charge in [0.2, 0.25) is 0 Å². The van der Waals surface area contributed by atoms with Crippen molar-refractivity contribution in [2.45, 2.75) is 46.1 Å². The van der Waals surface area contributed by atoms with Crippen molar-refractivity contribution < 1.29 is 23.8 Å². The van der Waals surface area contributed by atoms with Crippen molar-refractivity contribution in [2.24, 2.45) is 0 Å². The normalized spacial score (nSPS) is 12.6. The van der Waals surface area contributed by atoms with E-state index in [4.69, 9.17) is 14.2 Å². The molecule has 0 saturated heterocycles. The van der Waals surface area contributed by atoms with Crippen LogP contribution in [0.15, 0.2) is 42.5 Å². The number of para-hydroxylation sites is 1. The van der Waals surface area contributed by atoms with Gasteiger partial charge in [-0.25, -0.2) is 4.79 Å².